The van der Waals surface area contributed by atoms with Crippen LogP contribution in [0.2, 0.25) is 0 Å². The predicted molar refractivity (Wildman–Crippen MR) is 86.7 cm³/mol. The summed E-state index contributed by atoms with van der Waals surface area (Å²) in [4.78, 5) is 30.3. The minimum atomic E-state index is -0.403. The first-order chi connectivity index (χ1) is 11.6. The standard InChI is InChI=1S/C18H18FN3O2/c19-15-5-3-14(4-6-15)18(24)21-12-17(23)22-11-1-2-16(22)13-7-9-20-10-8-13/h3-10,16H,1-2,11-12H2,(H,21,24). The molecule has 2 amide bonds. The van der Waals surface area contributed by atoms with Gasteiger partial charge in [-0.15, -0.1) is 0 Å². The van der Waals surface area contributed by atoms with Crippen LogP contribution in [0.3, 0.4) is 0 Å². The molecule has 1 atom stereocenters. The van der Waals surface area contributed by atoms with Gasteiger partial charge in [0.05, 0.1) is 12.6 Å². The van der Waals surface area contributed by atoms with Gasteiger partial charge in [-0.05, 0) is 54.8 Å². The van der Waals surface area contributed by atoms with Crippen molar-refractivity contribution in [2.24, 2.45) is 0 Å². The highest BCUT2D eigenvalue weighted by Crippen LogP contribution is 2.31. The van der Waals surface area contributed by atoms with Crippen LogP contribution < -0.4 is 5.32 Å². The Morgan fingerprint density at radius 2 is 1.88 bits per heavy atom. The number of benzene rings is 1. The summed E-state index contributed by atoms with van der Waals surface area (Å²) < 4.78 is 12.9. The Hall–Kier alpha value is -2.76. The van der Waals surface area contributed by atoms with E-state index in [0.29, 0.717) is 12.1 Å². The highest BCUT2D eigenvalue weighted by molar-refractivity contribution is 5.96. The van der Waals surface area contributed by atoms with E-state index in [2.05, 4.69) is 10.3 Å². The van der Waals surface area contributed by atoms with E-state index in [-0.39, 0.29) is 24.4 Å². The van der Waals surface area contributed by atoms with Crippen molar-refractivity contribution in [2.45, 2.75) is 18.9 Å². The van der Waals surface area contributed by atoms with Gasteiger partial charge in [0.25, 0.3) is 5.91 Å². The van der Waals surface area contributed by atoms with Crippen LogP contribution in [0.15, 0.2) is 48.8 Å². The van der Waals surface area contributed by atoms with Crippen molar-refractivity contribution in [1.82, 2.24) is 15.2 Å². The molecule has 124 valence electrons. The van der Waals surface area contributed by atoms with Gasteiger partial charge >= 0.3 is 0 Å². The van der Waals surface area contributed by atoms with Gasteiger partial charge in [0.15, 0.2) is 0 Å². The summed E-state index contributed by atoms with van der Waals surface area (Å²) in [5.74, 6) is -0.910. The van der Waals surface area contributed by atoms with Crippen molar-refractivity contribution in [3.8, 4) is 0 Å². The molecule has 0 radical (unpaired) electrons. The number of amides is 2. The number of aromatic nitrogens is 1. The third-order valence-electron chi connectivity index (χ3n) is 4.17. The minimum absolute atomic E-state index is 0.0308. The van der Waals surface area contributed by atoms with Crippen LogP contribution >= 0.6 is 0 Å². The van der Waals surface area contributed by atoms with Gasteiger partial charge in [-0.2, -0.15) is 0 Å². The minimum Gasteiger partial charge on any atom is -0.343 e. The van der Waals surface area contributed by atoms with Crippen LogP contribution in [0.4, 0.5) is 4.39 Å². The Balaban J connectivity index is 1.60. The number of nitrogens with one attached hydrogen (secondary N) is 1. The average Bonchev–Trinajstić information content (AvgIpc) is 3.10. The number of likely N-dealkylation sites (tertiary alicyclic amines) is 1. The number of pyridine rings is 1. The van der Waals surface area contributed by atoms with Gasteiger partial charge in [-0.3, -0.25) is 14.6 Å². The largest absolute Gasteiger partial charge is 0.343 e. The highest BCUT2D eigenvalue weighted by Gasteiger charge is 2.29. The third kappa shape index (κ3) is 3.59. The molecular weight excluding hydrogens is 309 g/mol. The first-order valence-electron chi connectivity index (χ1n) is 7.88. The van der Waals surface area contributed by atoms with E-state index >= 15 is 0 Å². The maximum Gasteiger partial charge on any atom is 0.251 e. The van der Waals surface area contributed by atoms with E-state index in [9.17, 15) is 14.0 Å². The molecule has 2 heterocycles. The molecule has 24 heavy (non-hydrogen) atoms. The van der Waals surface area contributed by atoms with Crippen molar-refractivity contribution >= 4 is 11.8 Å². The molecule has 1 aromatic carbocycles. The zero-order valence-corrected chi connectivity index (χ0v) is 13.1. The number of rotatable bonds is 4. The molecule has 0 bridgehead atoms. The number of carbonyl (C=O) groups excluding carboxylic acids is 2. The van der Waals surface area contributed by atoms with Crippen molar-refractivity contribution in [3.05, 3.63) is 65.7 Å². The molecule has 5 nitrogen and oxygen atoms in total. The Labute approximate surface area is 139 Å². The second-order valence-corrected chi connectivity index (χ2v) is 5.72. The summed E-state index contributed by atoms with van der Waals surface area (Å²) >= 11 is 0. The zero-order valence-electron chi connectivity index (χ0n) is 13.1. The van der Waals surface area contributed by atoms with Gasteiger partial charge < -0.3 is 10.2 Å². The molecule has 0 aliphatic carbocycles. The first kappa shape index (κ1) is 16.1. The van der Waals surface area contributed by atoms with Crippen LogP contribution in [0.1, 0.15) is 34.8 Å². The van der Waals surface area contributed by atoms with Crippen LogP contribution in [-0.4, -0.2) is 34.8 Å². The predicted octanol–water partition coefficient (Wildman–Crippen LogP) is 2.31. The van der Waals surface area contributed by atoms with Crippen molar-refractivity contribution in [2.75, 3.05) is 13.1 Å². The van der Waals surface area contributed by atoms with E-state index in [1.165, 1.54) is 24.3 Å². The lowest BCUT2D eigenvalue weighted by Crippen LogP contribution is -2.39. The first-order valence-corrected chi connectivity index (χ1v) is 7.88. The van der Waals surface area contributed by atoms with Gasteiger partial charge in [0.1, 0.15) is 5.82 Å². The van der Waals surface area contributed by atoms with Crippen LogP contribution in [0.25, 0.3) is 0 Å². The van der Waals surface area contributed by atoms with Crippen molar-refractivity contribution < 1.29 is 14.0 Å². The van der Waals surface area contributed by atoms with Gasteiger partial charge in [-0.1, -0.05) is 0 Å². The average molecular weight is 327 g/mol. The topological polar surface area (TPSA) is 62.3 Å². The van der Waals surface area contributed by atoms with Crippen molar-refractivity contribution in [1.29, 1.82) is 0 Å². The molecule has 1 fully saturated rings. The van der Waals surface area contributed by atoms with E-state index in [4.69, 9.17) is 0 Å². The summed E-state index contributed by atoms with van der Waals surface area (Å²) in [6.45, 7) is 0.607. The van der Waals surface area contributed by atoms with Crippen LogP contribution in [0, 0.1) is 5.82 Å². The maximum atomic E-state index is 12.9. The number of nitrogens with zero attached hydrogens (tertiary/aromatic N) is 2. The monoisotopic (exact) mass is 327 g/mol. The second kappa shape index (κ2) is 7.21. The number of hydrogen-bond donors (Lipinski definition) is 1. The zero-order chi connectivity index (χ0) is 16.9. The molecule has 0 saturated carbocycles. The van der Waals surface area contributed by atoms with Crippen LogP contribution in [-0.2, 0) is 4.79 Å². The molecule has 1 aliphatic rings. The Bertz CT molecular complexity index is 719. The molecular formula is C18H18FN3O2. The summed E-state index contributed by atoms with van der Waals surface area (Å²) in [6, 6.07) is 9.08. The number of carbonyl (C=O) groups is 2. The fraction of sp³-hybridized carbons (Fsp3) is 0.278. The summed E-state index contributed by atoms with van der Waals surface area (Å²) in [7, 11) is 0. The summed E-state index contributed by atoms with van der Waals surface area (Å²) in [6.07, 6.45) is 5.27. The second-order valence-electron chi connectivity index (χ2n) is 5.72. The van der Waals surface area contributed by atoms with E-state index in [1.807, 2.05) is 12.1 Å². The van der Waals surface area contributed by atoms with E-state index in [0.717, 1.165) is 18.4 Å². The van der Waals surface area contributed by atoms with E-state index < -0.39 is 5.82 Å². The Kier molecular flexibility index (Phi) is 4.84. The SMILES string of the molecule is O=C(NCC(=O)N1CCCC1c1ccncc1)c1ccc(F)cc1. The van der Waals surface area contributed by atoms with Gasteiger partial charge in [0.2, 0.25) is 5.91 Å². The molecule has 1 saturated heterocycles. The Morgan fingerprint density at radius 3 is 2.58 bits per heavy atom. The fourth-order valence-corrected chi connectivity index (χ4v) is 2.96. The van der Waals surface area contributed by atoms with Crippen LogP contribution in [0.5, 0.6) is 0 Å². The molecule has 1 aromatic heterocycles. The third-order valence-corrected chi connectivity index (χ3v) is 4.17. The molecule has 1 unspecified atom stereocenters. The Morgan fingerprint density at radius 1 is 1.17 bits per heavy atom. The molecule has 3 rings (SSSR count). The normalized spacial score (nSPS) is 16.9. The molecule has 0 spiro atoms. The number of hydrogen-bond acceptors (Lipinski definition) is 3. The quantitative estimate of drug-likeness (QED) is 0.937. The van der Waals surface area contributed by atoms with Gasteiger partial charge in [-0.25, -0.2) is 4.39 Å². The molecule has 1 N–H and O–H groups in total. The highest BCUT2D eigenvalue weighted by atomic mass is 19.1. The lowest BCUT2D eigenvalue weighted by Gasteiger charge is -2.25. The van der Waals surface area contributed by atoms with E-state index in [1.54, 1.807) is 17.3 Å². The lowest BCUT2D eigenvalue weighted by molar-refractivity contribution is -0.131. The summed E-state index contributed by atoms with van der Waals surface area (Å²) in [5, 5.41) is 2.60. The maximum absolute atomic E-state index is 12.9. The molecule has 6 heteroatoms. The fourth-order valence-electron chi connectivity index (χ4n) is 2.96. The number of halogens is 1. The summed E-state index contributed by atoms with van der Waals surface area (Å²) in [5.41, 5.74) is 1.39. The van der Waals surface area contributed by atoms with Crippen molar-refractivity contribution in [3.63, 3.8) is 0 Å². The lowest BCUT2D eigenvalue weighted by atomic mass is 10.1. The smallest absolute Gasteiger partial charge is 0.251 e. The molecule has 2 aromatic rings. The molecule has 1 aliphatic heterocycles. The van der Waals surface area contributed by atoms with Gasteiger partial charge in [0, 0.05) is 24.5 Å².